The lowest BCUT2D eigenvalue weighted by Gasteiger charge is -2.32. The first-order valence-corrected chi connectivity index (χ1v) is 7.79. The Morgan fingerprint density at radius 3 is 2.63 bits per heavy atom. The molecule has 0 spiro atoms. The van der Waals surface area contributed by atoms with Gasteiger partial charge in [-0.2, -0.15) is 0 Å². The summed E-state index contributed by atoms with van der Waals surface area (Å²) in [6.45, 7) is 3.05. The minimum atomic E-state index is -0.280. The molecule has 2 amide bonds. The molecule has 1 heterocycles. The molecule has 0 aromatic carbocycles. The molecule has 108 valence electrons. The van der Waals surface area contributed by atoms with Crippen LogP contribution in [0, 0.1) is 5.92 Å². The van der Waals surface area contributed by atoms with Gasteiger partial charge in [-0.15, -0.1) is 0 Å². The van der Waals surface area contributed by atoms with Gasteiger partial charge in [-0.1, -0.05) is 39.0 Å². The van der Waals surface area contributed by atoms with Gasteiger partial charge < -0.3 is 10.2 Å². The average molecular weight is 266 g/mol. The number of hydrogen-bond acceptors (Lipinski definition) is 2. The van der Waals surface area contributed by atoms with Gasteiger partial charge in [-0.3, -0.25) is 9.59 Å². The molecule has 1 N–H and O–H groups in total. The van der Waals surface area contributed by atoms with Gasteiger partial charge in [0.05, 0.1) is 6.54 Å². The van der Waals surface area contributed by atoms with E-state index in [1.54, 1.807) is 4.90 Å². The van der Waals surface area contributed by atoms with Crippen LogP contribution in [0.2, 0.25) is 0 Å². The maximum atomic E-state index is 12.2. The van der Waals surface area contributed by atoms with Crippen LogP contribution in [0.3, 0.4) is 0 Å². The quantitative estimate of drug-likeness (QED) is 0.800. The zero-order valence-electron chi connectivity index (χ0n) is 12.0. The van der Waals surface area contributed by atoms with E-state index < -0.39 is 0 Å². The van der Waals surface area contributed by atoms with Gasteiger partial charge in [0.2, 0.25) is 11.8 Å². The van der Waals surface area contributed by atoms with Gasteiger partial charge in [0, 0.05) is 6.54 Å². The van der Waals surface area contributed by atoms with Gasteiger partial charge in [0.15, 0.2) is 0 Å². The van der Waals surface area contributed by atoms with Gasteiger partial charge >= 0.3 is 0 Å². The van der Waals surface area contributed by atoms with E-state index in [4.69, 9.17) is 0 Å². The first-order chi connectivity index (χ1) is 9.20. The van der Waals surface area contributed by atoms with E-state index in [0.29, 0.717) is 0 Å². The van der Waals surface area contributed by atoms with E-state index in [9.17, 15) is 9.59 Å². The van der Waals surface area contributed by atoms with Crippen LogP contribution >= 0.6 is 0 Å². The smallest absolute Gasteiger partial charge is 0.245 e. The van der Waals surface area contributed by atoms with Crippen LogP contribution in [0.4, 0.5) is 0 Å². The Morgan fingerprint density at radius 2 is 1.95 bits per heavy atom. The fourth-order valence-corrected chi connectivity index (χ4v) is 3.32. The fourth-order valence-electron chi connectivity index (χ4n) is 3.32. The molecule has 2 rings (SSSR count). The average Bonchev–Trinajstić information content (AvgIpc) is 2.88. The lowest BCUT2D eigenvalue weighted by Crippen LogP contribution is -2.58. The summed E-state index contributed by atoms with van der Waals surface area (Å²) in [4.78, 5) is 25.6. The van der Waals surface area contributed by atoms with E-state index in [1.807, 2.05) is 6.92 Å². The van der Waals surface area contributed by atoms with E-state index >= 15 is 0 Å². The van der Waals surface area contributed by atoms with Crippen LogP contribution in [0.25, 0.3) is 0 Å². The third-order valence-electron chi connectivity index (χ3n) is 4.37. The molecule has 0 aromatic rings. The fraction of sp³-hybridized carbons (Fsp3) is 0.867. The maximum Gasteiger partial charge on any atom is 0.245 e. The summed E-state index contributed by atoms with van der Waals surface area (Å²) in [5.74, 6) is 0.979. The summed E-state index contributed by atoms with van der Waals surface area (Å²) >= 11 is 0. The summed E-state index contributed by atoms with van der Waals surface area (Å²) in [5, 5.41) is 2.80. The third kappa shape index (κ3) is 3.95. The standard InChI is InChI=1S/C15H26N2O2/c1-2-6-13-15(19)17(11-14(18)16-13)10-5-9-12-7-3-4-8-12/h12-13H,2-11H2,1H3,(H,16,18). The molecular formula is C15H26N2O2. The van der Waals surface area contributed by atoms with Crippen molar-refractivity contribution in [2.45, 2.75) is 64.3 Å². The second-order valence-electron chi connectivity index (χ2n) is 5.96. The van der Waals surface area contributed by atoms with Gasteiger partial charge in [-0.05, 0) is 25.2 Å². The highest BCUT2D eigenvalue weighted by atomic mass is 16.2. The van der Waals surface area contributed by atoms with Crippen LogP contribution in [-0.4, -0.2) is 35.8 Å². The number of hydrogen-bond donors (Lipinski definition) is 1. The molecule has 0 radical (unpaired) electrons. The van der Waals surface area contributed by atoms with E-state index in [-0.39, 0.29) is 24.4 Å². The molecule has 1 saturated carbocycles. The number of rotatable bonds is 6. The molecule has 1 saturated heterocycles. The molecule has 0 bridgehead atoms. The van der Waals surface area contributed by atoms with Crippen molar-refractivity contribution in [3.8, 4) is 0 Å². The van der Waals surface area contributed by atoms with Crippen molar-refractivity contribution in [1.82, 2.24) is 10.2 Å². The molecule has 1 atom stereocenters. The van der Waals surface area contributed by atoms with Crippen molar-refractivity contribution in [1.29, 1.82) is 0 Å². The zero-order chi connectivity index (χ0) is 13.7. The van der Waals surface area contributed by atoms with Crippen molar-refractivity contribution in [2.75, 3.05) is 13.1 Å². The number of nitrogens with zero attached hydrogens (tertiary/aromatic N) is 1. The molecule has 2 fully saturated rings. The van der Waals surface area contributed by atoms with Crippen LogP contribution in [0.1, 0.15) is 58.3 Å². The second-order valence-corrected chi connectivity index (χ2v) is 5.96. The van der Waals surface area contributed by atoms with Crippen molar-refractivity contribution in [3.63, 3.8) is 0 Å². The largest absolute Gasteiger partial charge is 0.343 e. The highest BCUT2D eigenvalue weighted by Gasteiger charge is 2.31. The Labute approximate surface area is 115 Å². The van der Waals surface area contributed by atoms with Crippen molar-refractivity contribution < 1.29 is 9.59 Å². The van der Waals surface area contributed by atoms with Crippen molar-refractivity contribution >= 4 is 11.8 Å². The van der Waals surface area contributed by atoms with E-state index in [1.165, 1.54) is 32.1 Å². The maximum absolute atomic E-state index is 12.2. The number of nitrogens with one attached hydrogen (secondary N) is 1. The molecule has 0 aromatic heterocycles. The second kappa shape index (κ2) is 6.92. The lowest BCUT2D eigenvalue weighted by atomic mass is 10.0. The van der Waals surface area contributed by atoms with Crippen molar-refractivity contribution in [3.05, 3.63) is 0 Å². The molecule has 1 unspecified atom stereocenters. The molecular weight excluding hydrogens is 240 g/mol. The summed E-state index contributed by atoms with van der Waals surface area (Å²) in [7, 11) is 0. The molecule has 1 aliphatic heterocycles. The van der Waals surface area contributed by atoms with E-state index in [0.717, 1.165) is 31.7 Å². The first kappa shape index (κ1) is 14.4. The summed E-state index contributed by atoms with van der Waals surface area (Å²) < 4.78 is 0. The Bertz CT molecular complexity index is 324. The first-order valence-electron chi connectivity index (χ1n) is 7.79. The van der Waals surface area contributed by atoms with Gasteiger partial charge in [0.25, 0.3) is 0 Å². The Morgan fingerprint density at radius 1 is 1.21 bits per heavy atom. The Hall–Kier alpha value is -1.06. The minimum Gasteiger partial charge on any atom is -0.343 e. The monoisotopic (exact) mass is 266 g/mol. The summed E-state index contributed by atoms with van der Waals surface area (Å²) in [6.07, 6.45) is 9.38. The third-order valence-corrected chi connectivity index (χ3v) is 4.37. The molecule has 2 aliphatic rings. The van der Waals surface area contributed by atoms with E-state index in [2.05, 4.69) is 5.32 Å². The predicted molar refractivity (Wildman–Crippen MR) is 74.6 cm³/mol. The minimum absolute atomic E-state index is 0.00100. The molecule has 19 heavy (non-hydrogen) atoms. The number of carbonyl (C=O) groups is 2. The van der Waals surface area contributed by atoms with Crippen LogP contribution in [-0.2, 0) is 9.59 Å². The molecule has 4 nitrogen and oxygen atoms in total. The van der Waals surface area contributed by atoms with Crippen molar-refractivity contribution in [2.24, 2.45) is 5.92 Å². The normalized spacial score (nSPS) is 24.9. The summed E-state index contributed by atoms with van der Waals surface area (Å²) in [6, 6.07) is -0.280. The summed E-state index contributed by atoms with van der Waals surface area (Å²) in [5.41, 5.74) is 0. The SMILES string of the molecule is CCCC1NC(=O)CN(CCCC2CCCC2)C1=O. The predicted octanol–water partition coefficient (Wildman–Crippen LogP) is 2.08. The van der Waals surface area contributed by atoms with Crippen LogP contribution in [0.5, 0.6) is 0 Å². The highest BCUT2D eigenvalue weighted by molar-refractivity contribution is 5.94. The molecule has 1 aliphatic carbocycles. The Kier molecular flexibility index (Phi) is 5.23. The lowest BCUT2D eigenvalue weighted by molar-refractivity contribution is -0.144. The van der Waals surface area contributed by atoms with Crippen LogP contribution in [0.15, 0.2) is 0 Å². The van der Waals surface area contributed by atoms with Gasteiger partial charge in [0.1, 0.15) is 6.04 Å². The van der Waals surface area contributed by atoms with Gasteiger partial charge in [-0.25, -0.2) is 0 Å². The molecule has 4 heteroatoms. The highest BCUT2D eigenvalue weighted by Crippen LogP contribution is 2.28. The topological polar surface area (TPSA) is 49.4 Å². The Balaban J connectivity index is 1.77. The zero-order valence-corrected chi connectivity index (χ0v) is 12.0. The number of carbonyl (C=O) groups excluding carboxylic acids is 2. The number of amides is 2. The van der Waals surface area contributed by atoms with Crippen LogP contribution < -0.4 is 5.32 Å². The number of piperazine rings is 1.